The van der Waals surface area contributed by atoms with Gasteiger partial charge in [0.25, 0.3) is 0 Å². The van der Waals surface area contributed by atoms with E-state index >= 15 is 0 Å². The van der Waals surface area contributed by atoms with Crippen molar-refractivity contribution in [2.45, 2.75) is 50.4 Å². The Morgan fingerprint density at radius 1 is 0.789 bits per heavy atom. The molecule has 1 amide bonds. The Bertz CT molecular complexity index is 1460. The fourth-order valence-electron chi connectivity index (χ4n) is 5.72. The van der Waals surface area contributed by atoms with Crippen LogP contribution in [-0.2, 0) is 11.2 Å². The van der Waals surface area contributed by atoms with E-state index in [-0.39, 0.29) is 11.8 Å². The summed E-state index contributed by atoms with van der Waals surface area (Å²) in [4.78, 5) is 13.6. The van der Waals surface area contributed by atoms with E-state index in [4.69, 9.17) is 4.42 Å². The molecule has 3 heteroatoms. The lowest BCUT2D eigenvalue weighted by atomic mass is 9.83. The second kappa shape index (κ2) is 11.1. The number of hydrogen-bond acceptors (Lipinski definition) is 2. The van der Waals surface area contributed by atoms with Crippen LogP contribution in [0.15, 0.2) is 114 Å². The van der Waals surface area contributed by atoms with E-state index in [1.165, 1.54) is 37.7 Å². The van der Waals surface area contributed by atoms with Crippen molar-refractivity contribution < 1.29 is 9.21 Å². The van der Waals surface area contributed by atoms with Crippen LogP contribution in [0.5, 0.6) is 0 Å². The van der Waals surface area contributed by atoms with Gasteiger partial charge in [0, 0.05) is 16.6 Å². The van der Waals surface area contributed by atoms with Gasteiger partial charge >= 0.3 is 0 Å². The summed E-state index contributed by atoms with van der Waals surface area (Å²) in [5, 5.41) is 4.26. The molecule has 1 aromatic heterocycles. The summed E-state index contributed by atoms with van der Waals surface area (Å²) in [6.45, 7) is 0. The first-order valence-electron chi connectivity index (χ1n) is 13.8. The highest BCUT2D eigenvalue weighted by molar-refractivity contribution is 5.96. The summed E-state index contributed by atoms with van der Waals surface area (Å²) in [6.07, 6.45) is 7.20. The summed E-state index contributed by atoms with van der Waals surface area (Å²) >= 11 is 0. The van der Waals surface area contributed by atoms with Gasteiger partial charge in [-0.15, -0.1) is 0 Å². The molecule has 4 aromatic carbocycles. The Kier molecular flexibility index (Phi) is 7.08. The summed E-state index contributed by atoms with van der Waals surface area (Å²) in [7, 11) is 0. The van der Waals surface area contributed by atoms with Crippen molar-refractivity contribution in [1.29, 1.82) is 0 Å². The third-order valence-electron chi connectivity index (χ3n) is 7.88. The zero-order valence-electron chi connectivity index (χ0n) is 21.6. The molecule has 0 spiro atoms. The molecule has 1 N–H and O–H groups in total. The molecule has 1 aliphatic rings. The molecule has 0 radical (unpaired) electrons. The number of carbonyl (C=O) groups is 1. The normalized spacial score (nSPS) is 14.8. The highest BCUT2D eigenvalue weighted by Gasteiger charge is 2.23. The van der Waals surface area contributed by atoms with Gasteiger partial charge in [0.05, 0.1) is 5.92 Å². The molecule has 38 heavy (non-hydrogen) atoms. The average molecular weight is 500 g/mol. The van der Waals surface area contributed by atoms with Crippen molar-refractivity contribution in [2.24, 2.45) is 0 Å². The van der Waals surface area contributed by atoms with Gasteiger partial charge in [-0.2, -0.15) is 0 Å². The molecule has 1 fully saturated rings. The average Bonchev–Trinajstić information content (AvgIpc) is 3.42. The van der Waals surface area contributed by atoms with Gasteiger partial charge in [-0.25, -0.2) is 0 Å². The Labute approximate surface area is 224 Å². The van der Waals surface area contributed by atoms with Crippen LogP contribution in [0.3, 0.4) is 0 Å². The maximum atomic E-state index is 13.6. The smallest absolute Gasteiger partial charge is 0.232 e. The number of anilines is 1. The van der Waals surface area contributed by atoms with E-state index < -0.39 is 0 Å². The van der Waals surface area contributed by atoms with E-state index in [1.807, 2.05) is 66.7 Å². The Hall–Kier alpha value is -4.11. The van der Waals surface area contributed by atoms with Crippen LogP contribution in [0, 0.1) is 0 Å². The summed E-state index contributed by atoms with van der Waals surface area (Å²) in [5.74, 6) is 1.22. The van der Waals surface area contributed by atoms with Crippen molar-refractivity contribution in [3.8, 4) is 11.3 Å². The molecular formula is C35H33NO2. The minimum Gasteiger partial charge on any atom is -0.456 e. The molecule has 0 bridgehead atoms. The van der Waals surface area contributed by atoms with Gasteiger partial charge in [-0.05, 0) is 78.3 Å². The molecule has 5 aromatic rings. The molecule has 6 rings (SSSR count). The second-order valence-electron chi connectivity index (χ2n) is 10.5. The summed E-state index contributed by atoms with van der Waals surface area (Å²) in [5.41, 5.74) is 6.27. The van der Waals surface area contributed by atoms with Crippen LogP contribution in [-0.4, -0.2) is 5.91 Å². The second-order valence-corrected chi connectivity index (χ2v) is 10.5. The molecule has 1 heterocycles. The Balaban J connectivity index is 1.21. The number of carbonyl (C=O) groups excluding carboxylic acids is 1. The minimum absolute atomic E-state index is 0.00996. The lowest BCUT2D eigenvalue weighted by molar-refractivity contribution is -0.117. The van der Waals surface area contributed by atoms with Gasteiger partial charge in [0.2, 0.25) is 5.91 Å². The molecule has 1 unspecified atom stereocenters. The number of hydrogen-bond donors (Lipinski definition) is 1. The van der Waals surface area contributed by atoms with E-state index in [2.05, 4.69) is 47.8 Å². The number of para-hydroxylation sites is 1. The lowest BCUT2D eigenvalue weighted by Crippen LogP contribution is -2.23. The van der Waals surface area contributed by atoms with Crippen molar-refractivity contribution in [3.05, 3.63) is 126 Å². The number of rotatable bonds is 7. The van der Waals surface area contributed by atoms with Gasteiger partial charge in [0.15, 0.2) is 0 Å². The van der Waals surface area contributed by atoms with Gasteiger partial charge in [-0.1, -0.05) is 92.1 Å². The van der Waals surface area contributed by atoms with E-state index in [0.717, 1.165) is 39.1 Å². The Morgan fingerprint density at radius 3 is 2.24 bits per heavy atom. The lowest BCUT2D eigenvalue weighted by Gasteiger charge is -2.23. The molecule has 0 saturated heterocycles. The zero-order valence-corrected chi connectivity index (χ0v) is 21.6. The van der Waals surface area contributed by atoms with E-state index in [9.17, 15) is 4.79 Å². The van der Waals surface area contributed by atoms with Crippen LogP contribution in [0.4, 0.5) is 5.69 Å². The molecule has 1 saturated carbocycles. The maximum Gasteiger partial charge on any atom is 0.232 e. The predicted molar refractivity (Wildman–Crippen MR) is 155 cm³/mol. The van der Waals surface area contributed by atoms with Crippen molar-refractivity contribution >= 4 is 22.6 Å². The maximum absolute atomic E-state index is 13.6. The quantitative estimate of drug-likeness (QED) is 0.243. The number of nitrogens with one attached hydrogen (secondary N) is 1. The first kappa shape index (κ1) is 24.2. The van der Waals surface area contributed by atoms with Crippen LogP contribution in [0.25, 0.3) is 22.3 Å². The third kappa shape index (κ3) is 5.43. The fraction of sp³-hybridized carbons (Fsp3) is 0.229. The highest BCUT2D eigenvalue weighted by atomic mass is 16.3. The van der Waals surface area contributed by atoms with Crippen molar-refractivity contribution in [3.63, 3.8) is 0 Å². The SMILES string of the molecule is O=C(Nc1ccc(-c2cc3ccccc3o2)cc1)C(Cc1ccccc1)c1ccc(C2CCCCC2)cc1. The van der Waals surface area contributed by atoms with Gasteiger partial charge in [0.1, 0.15) is 11.3 Å². The number of amides is 1. The third-order valence-corrected chi connectivity index (χ3v) is 7.88. The predicted octanol–water partition coefficient (Wildman–Crippen LogP) is 9.11. The van der Waals surface area contributed by atoms with Crippen LogP contribution < -0.4 is 5.32 Å². The Morgan fingerprint density at radius 2 is 1.50 bits per heavy atom. The summed E-state index contributed by atoms with van der Waals surface area (Å²) in [6, 6.07) is 37.1. The first-order chi connectivity index (χ1) is 18.7. The topological polar surface area (TPSA) is 42.2 Å². The molecule has 1 atom stereocenters. The molecule has 1 aliphatic carbocycles. The molecule has 190 valence electrons. The zero-order chi connectivity index (χ0) is 25.7. The first-order valence-corrected chi connectivity index (χ1v) is 13.8. The van der Waals surface area contributed by atoms with E-state index in [0.29, 0.717) is 12.3 Å². The van der Waals surface area contributed by atoms with Crippen molar-refractivity contribution in [2.75, 3.05) is 5.32 Å². The van der Waals surface area contributed by atoms with Gasteiger partial charge < -0.3 is 9.73 Å². The fourth-order valence-corrected chi connectivity index (χ4v) is 5.72. The largest absolute Gasteiger partial charge is 0.456 e. The number of fused-ring (bicyclic) bond motifs is 1. The van der Waals surface area contributed by atoms with Crippen LogP contribution >= 0.6 is 0 Å². The van der Waals surface area contributed by atoms with Gasteiger partial charge in [-0.3, -0.25) is 4.79 Å². The van der Waals surface area contributed by atoms with Crippen LogP contribution in [0.1, 0.15) is 60.6 Å². The molecular weight excluding hydrogens is 466 g/mol. The summed E-state index contributed by atoms with van der Waals surface area (Å²) < 4.78 is 6.00. The number of benzene rings is 4. The van der Waals surface area contributed by atoms with Crippen molar-refractivity contribution in [1.82, 2.24) is 0 Å². The molecule has 0 aliphatic heterocycles. The highest BCUT2D eigenvalue weighted by Crippen LogP contribution is 2.34. The number of furan rings is 1. The minimum atomic E-state index is -0.271. The molecule has 3 nitrogen and oxygen atoms in total. The van der Waals surface area contributed by atoms with Crippen LogP contribution in [0.2, 0.25) is 0 Å². The monoisotopic (exact) mass is 499 g/mol. The standard InChI is InChI=1S/C35H33NO2/c37-35(36-31-21-19-29(20-22-31)34-24-30-13-7-8-14-33(30)38-34)32(23-25-9-3-1-4-10-25)28-17-15-27(16-18-28)26-11-5-2-6-12-26/h1,3-4,7-10,13-22,24,26,32H,2,5-6,11-12,23H2,(H,36,37). The van der Waals surface area contributed by atoms with E-state index in [1.54, 1.807) is 0 Å².